The Morgan fingerprint density at radius 2 is 2.05 bits per heavy atom. The van der Waals surface area contributed by atoms with Gasteiger partial charge in [0.15, 0.2) is 0 Å². The van der Waals surface area contributed by atoms with E-state index in [0.717, 1.165) is 12.8 Å². The fourth-order valence-corrected chi connectivity index (χ4v) is 2.58. The quantitative estimate of drug-likeness (QED) is 0.857. The molecule has 6 nitrogen and oxygen atoms in total. The van der Waals surface area contributed by atoms with E-state index in [0.29, 0.717) is 44.0 Å². The van der Waals surface area contributed by atoms with Crippen molar-refractivity contribution in [3.8, 4) is 0 Å². The van der Waals surface area contributed by atoms with Gasteiger partial charge in [-0.15, -0.1) is 0 Å². The Morgan fingerprint density at radius 1 is 1.35 bits per heavy atom. The molecule has 0 radical (unpaired) electrons. The molecule has 2 N–H and O–H groups in total. The molecule has 2 rings (SSSR count). The summed E-state index contributed by atoms with van der Waals surface area (Å²) in [6.45, 7) is 8.65. The Kier molecular flexibility index (Phi) is 5.12. The van der Waals surface area contributed by atoms with Gasteiger partial charge in [0.05, 0.1) is 5.41 Å². The van der Waals surface area contributed by atoms with E-state index in [9.17, 15) is 0 Å². The summed E-state index contributed by atoms with van der Waals surface area (Å²) in [5.41, 5.74) is 5.72. The number of hydrogen-bond donors (Lipinski definition) is 1. The first-order chi connectivity index (χ1) is 9.63. The van der Waals surface area contributed by atoms with Gasteiger partial charge in [-0.25, -0.2) is 0 Å². The largest absolute Gasteiger partial charge is 0.381 e. The average molecular weight is 283 g/mol. The minimum Gasteiger partial charge on any atom is -0.381 e. The lowest BCUT2D eigenvalue weighted by Gasteiger charge is -2.32. The molecule has 1 aliphatic rings. The monoisotopic (exact) mass is 283 g/mol. The number of nitrogens with zero attached hydrogens (tertiary/aromatic N) is 2. The van der Waals surface area contributed by atoms with Crippen LogP contribution in [0, 0.1) is 5.92 Å². The third-order valence-corrected chi connectivity index (χ3v) is 3.94. The Labute approximate surface area is 120 Å². The molecule has 0 saturated carbocycles. The molecule has 1 aromatic rings. The van der Waals surface area contributed by atoms with Crippen molar-refractivity contribution in [2.24, 2.45) is 11.7 Å². The van der Waals surface area contributed by atoms with E-state index >= 15 is 0 Å². The van der Waals surface area contributed by atoms with Crippen LogP contribution in [-0.4, -0.2) is 36.5 Å². The highest BCUT2D eigenvalue weighted by atomic mass is 16.5. The van der Waals surface area contributed by atoms with E-state index in [1.165, 1.54) is 0 Å². The molecule has 1 unspecified atom stereocenters. The van der Waals surface area contributed by atoms with Crippen molar-refractivity contribution < 1.29 is 14.0 Å². The predicted molar refractivity (Wildman–Crippen MR) is 74.3 cm³/mol. The summed E-state index contributed by atoms with van der Waals surface area (Å²) in [4.78, 5) is 4.58. The normalized spacial score (nSPS) is 20.2. The number of hydrogen-bond acceptors (Lipinski definition) is 6. The van der Waals surface area contributed by atoms with E-state index in [1.54, 1.807) is 0 Å². The van der Waals surface area contributed by atoms with Crippen molar-refractivity contribution in [3.05, 3.63) is 11.7 Å². The lowest BCUT2D eigenvalue weighted by molar-refractivity contribution is 0.0217. The zero-order chi connectivity index (χ0) is 14.6. The van der Waals surface area contributed by atoms with Crippen LogP contribution in [0.4, 0.5) is 0 Å². The molecular weight excluding hydrogens is 258 g/mol. The summed E-state index contributed by atoms with van der Waals surface area (Å²) in [6, 6.07) is 0. The molecule has 2 heterocycles. The summed E-state index contributed by atoms with van der Waals surface area (Å²) in [7, 11) is 0. The van der Waals surface area contributed by atoms with Crippen LogP contribution in [0.2, 0.25) is 0 Å². The minimum absolute atomic E-state index is 0.132. The third-order valence-electron chi connectivity index (χ3n) is 3.94. The molecule has 1 saturated heterocycles. The van der Waals surface area contributed by atoms with Crippen LogP contribution in [0.3, 0.4) is 0 Å². The van der Waals surface area contributed by atoms with Gasteiger partial charge in [0.1, 0.15) is 6.10 Å². The topological polar surface area (TPSA) is 83.4 Å². The highest BCUT2D eigenvalue weighted by Crippen LogP contribution is 2.34. The molecule has 114 valence electrons. The van der Waals surface area contributed by atoms with E-state index in [1.807, 2.05) is 6.92 Å². The van der Waals surface area contributed by atoms with Crippen LogP contribution in [0.15, 0.2) is 4.52 Å². The van der Waals surface area contributed by atoms with Crippen LogP contribution < -0.4 is 5.73 Å². The molecule has 1 atom stereocenters. The van der Waals surface area contributed by atoms with Gasteiger partial charge in [0.2, 0.25) is 11.7 Å². The van der Waals surface area contributed by atoms with E-state index < -0.39 is 0 Å². The number of aromatic nitrogens is 2. The fraction of sp³-hybridized carbons (Fsp3) is 0.857. The lowest BCUT2D eigenvalue weighted by Crippen LogP contribution is -2.41. The summed E-state index contributed by atoms with van der Waals surface area (Å²) >= 11 is 0. The third kappa shape index (κ3) is 3.02. The van der Waals surface area contributed by atoms with Gasteiger partial charge in [-0.05, 0) is 25.7 Å². The van der Waals surface area contributed by atoms with Crippen LogP contribution in [0.5, 0.6) is 0 Å². The summed E-state index contributed by atoms with van der Waals surface area (Å²) < 4.78 is 16.6. The van der Waals surface area contributed by atoms with Gasteiger partial charge in [0, 0.05) is 26.4 Å². The second-order valence-corrected chi connectivity index (χ2v) is 5.67. The van der Waals surface area contributed by atoms with Crippen molar-refractivity contribution in [1.29, 1.82) is 0 Å². The van der Waals surface area contributed by atoms with Crippen LogP contribution in [0.1, 0.15) is 51.4 Å². The summed E-state index contributed by atoms with van der Waals surface area (Å²) in [6.07, 6.45) is 1.52. The number of rotatable bonds is 6. The zero-order valence-corrected chi connectivity index (χ0v) is 12.6. The van der Waals surface area contributed by atoms with Gasteiger partial charge in [-0.3, -0.25) is 0 Å². The Balaban J connectivity index is 2.22. The lowest BCUT2D eigenvalue weighted by atomic mass is 9.80. The zero-order valence-electron chi connectivity index (χ0n) is 12.6. The average Bonchev–Trinajstić information content (AvgIpc) is 2.95. The van der Waals surface area contributed by atoms with Crippen LogP contribution in [0.25, 0.3) is 0 Å². The predicted octanol–water partition coefficient (Wildman–Crippen LogP) is 1.81. The van der Waals surface area contributed by atoms with Gasteiger partial charge in [-0.2, -0.15) is 4.98 Å². The maximum Gasteiger partial charge on any atom is 0.234 e. The molecule has 20 heavy (non-hydrogen) atoms. The highest BCUT2D eigenvalue weighted by molar-refractivity contribution is 5.08. The van der Waals surface area contributed by atoms with Crippen molar-refractivity contribution in [2.75, 3.05) is 26.4 Å². The van der Waals surface area contributed by atoms with Gasteiger partial charge < -0.3 is 19.7 Å². The first-order valence-electron chi connectivity index (χ1n) is 7.36. The molecular formula is C14H25N3O3. The molecule has 0 spiro atoms. The molecule has 0 bridgehead atoms. The molecule has 0 aromatic carbocycles. The summed E-state index contributed by atoms with van der Waals surface area (Å²) in [5.74, 6) is 1.55. The van der Waals surface area contributed by atoms with E-state index in [2.05, 4.69) is 24.0 Å². The maximum atomic E-state index is 5.96. The van der Waals surface area contributed by atoms with Crippen molar-refractivity contribution in [2.45, 2.75) is 45.1 Å². The Bertz CT molecular complexity index is 414. The SMILES string of the molecule is CCOC(c1noc(C2(CN)CCOCC2)n1)C(C)C. The standard InChI is InChI=1S/C14H25N3O3/c1-4-19-11(10(2)3)12-16-13(20-17-12)14(9-15)5-7-18-8-6-14/h10-11H,4-9,15H2,1-3H3. The summed E-state index contributed by atoms with van der Waals surface area (Å²) in [5, 5.41) is 4.12. The van der Waals surface area contributed by atoms with Crippen molar-refractivity contribution in [1.82, 2.24) is 10.1 Å². The molecule has 0 amide bonds. The molecule has 1 fully saturated rings. The van der Waals surface area contributed by atoms with Gasteiger partial charge in [-0.1, -0.05) is 19.0 Å². The van der Waals surface area contributed by atoms with E-state index in [4.69, 9.17) is 19.7 Å². The second-order valence-electron chi connectivity index (χ2n) is 5.67. The number of ether oxygens (including phenoxy) is 2. The minimum atomic E-state index is -0.239. The number of nitrogens with two attached hydrogens (primary N) is 1. The maximum absolute atomic E-state index is 5.96. The van der Waals surface area contributed by atoms with Gasteiger partial charge >= 0.3 is 0 Å². The van der Waals surface area contributed by atoms with Gasteiger partial charge in [0.25, 0.3) is 0 Å². The molecule has 1 aromatic heterocycles. The van der Waals surface area contributed by atoms with Crippen LogP contribution >= 0.6 is 0 Å². The smallest absolute Gasteiger partial charge is 0.234 e. The first-order valence-corrected chi connectivity index (χ1v) is 7.36. The molecule has 0 aliphatic carbocycles. The first kappa shape index (κ1) is 15.4. The fourth-order valence-electron chi connectivity index (χ4n) is 2.58. The molecule has 1 aliphatic heterocycles. The van der Waals surface area contributed by atoms with Crippen LogP contribution in [-0.2, 0) is 14.9 Å². The Morgan fingerprint density at radius 3 is 2.60 bits per heavy atom. The molecule has 6 heteroatoms. The van der Waals surface area contributed by atoms with E-state index in [-0.39, 0.29) is 11.5 Å². The van der Waals surface area contributed by atoms with Crippen molar-refractivity contribution >= 4 is 0 Å². The Hall–Kier alpha value is -0.980. The van der Waals surface area contributed by atoms with Crippen molar-refractivity contribution in [3.63, 3.8) is 0 Å². The highest BCUT2D eigenvalue weighted by Gasteiger charge is 2.39. The second kappa shape index (κ2) is 6.65.